The first-order valence-corrected chi connectivity index (χ1v) is 11.5. The number of aromatic nitrogens is 2. The van der Waals surface area contributed by atoms with Crippen molar-refractivity contribution in [1.29, 1.82) is 0 Å². The van der Waals surface area contributed by atoms with Gasteiger partial charge in [0.25, 0.3) is 11.1 Å². The third-order valence-corrected chi connectivity index (χ3v) is 6.69. The zero-order valence-electron chi connectivity index (χ0n) is 18.4. The van der Waals surface area contributed by atoms with Crippen LogP contribution in [0.2, 0.25) is 0 Å². The van der Waals surface area contributed by atoms with Gasteiger partial charge in [-0.05, 0) is 73.0 Å². The Bertz CT molecular complexity index is 1330. The quantitative estimate of drug-likeness (QED) is 0.514. The minimum atomic E-state index is -0.439. The summed E-state index contributed by atoms with van der Waals surface area (Å²) in [6.45, 7) is 3.33. The number of rotatable bonds is 3. The van der Waals surface area contributed by atoms with Crippen molar-refractivity contribution in [3.05, 3.63) is 58.5 Å². The predicted molar refractivity (Wildman–Crippen MR) is 135 cm³/mol. The van der Waals surface area contributed by atoms with Gasteiger partial charge in [-0.3, -0.25) is 19.9 Å². The summed E-state index contributed by atoms with van der Waals surface area (Å²) in [6.07, 6.45) is 5.16. The van der Waals surface area contributed by atoms with Crippen molar-refractivity contribution < 1.29 is 14.0 Å². The van der Waals surface area contributed by atoms with Crippen LogP contribution in [0.5, 0.6) is 0 Å². The van der Waals surface area contributed by atoms with E-state index in [1.165, 1.54) is 6.07 Å². The third-order valence-electron chi connectivity index (χ3n) is 5.88. The fourth-order valence-corrected chi connectivity index (χ4v) is 5.00. The van der Waals surface area contributed by atoms with Crippen molar-refractivity contribution in [1.82, 2.24) is 15.3 Å². The minimum Gasteiger partial charge on any atom is -0.368 e. The van der Waals surface area contributed by atoms with Crippen LogP contribution in [0.25, 0.3) is 28.2 Å². The van der Waals surface area contributed by atoms with Crippen LogP contribution < -0.4 is 16.0 Å². The predicted octanol–water partition coefficient (Wildman–Crippen LogP) is 4.42. The lowest BCUT2D eigenvalue weighted by molar-refractivity contribution is -0.115. The normalized spacial score (nSPS) is 19.4. The number of carbonyl (C=O) groups excluding carboxylic acids is 2. The molecule has 0 aliphatic carbocycles. The maximum absolute atomic E-state index is 15.1. The number of benzene rings is 1. The number of pyridine rings is 2. The molecule has 3 N–H and O–H groups in total. The molecular weight excluding hydrogens is 477 g/mol. The fraction of sp³-hybridized carbons (Fsp3) is 0.250. The lowest BCUT2D eigenvalue weighted by Crippen LogP contribution is -2.43. The van der Waals surface area contributed by atoms with Crippen molar-refractivity contribution >= 4 is 58.1 Å². The third kappa shape index (κ3) is 4.64. The van der Waals surface area contributed by atoms with E-state index in [0.29, 0.717) is 34.5 Å². The van der Waals surface area contributed by atoms with Crippen molar-refractivity contribution in [3.63, 3.8) is 0 Å². The number of nitrogens with one attached hydrogen (secondary N) is 1. The Morgan fingerprint density at radius 2 is 2.06 bits per heavy atom. The average Bonchev–Trinajstić information content (AvgIpc) is 3.09. The Labute approximate surface area is 206 Å². The number of nitrogens with two attached hydrogens (primary N) is 1. The molecule has 1 aromatic carbocycles. The van der Waals surface area contributed by atoms with Crippen molar-refractivity contribution in [2.75, 3.05) is 18.0 Å². The smallest absolute Gasteiger partial charge is 0.290 e. The van der Waals surface area contributed by atoms with Gasteiger partial charge in [0, 0.05) is 30.9 Å². The number of aryl methyl sites for hydroxylation is 1. The van der Waals surface area contributed by atoms with Crippen LogP contribution in [0.15, 0.2) is 41.4 Å². The van der Waals surface area contributed by atoms with E-state index in [0.717, 1.165) is 42.3 Å². The van der Waals surface area contributed by atoms with Gasteiger partial charge in [-0.15, -0.1) is 12.4 Å². The Balaban J connectivity index is 0.00000274. The van der Waals surface area contributed by atoms with Gasteiger partial charge in [-0.2, -0.15) is 0 Å². The molecule has 2 aliphatic rings. The van der Waals surface area contributed by atoms with Gasteiger partial charge in [0.2, 0.25) is 0 Å². The Morgan fingerprint density at radius 1 is 1.24 bits per heavy atom. The second kappa shape index (κ2) is 9.69. The van der Waals surface area contributed by atoms with Crippen molar-refractivity contribution in [2.24, 2.45) is 5.73 Å². The van der Waals surface area contributed by atoms with Crippen molar-refractivity contribution in [2.45, 2.75) is 25.8 Å². The Hall–Kier alpha value is -3.01. The fourth-order valence-electron chi connectivity index (χ4n) is 4.33. The number of imide groups is 1. The van der Waals surface area contributed by atoms with Gasteiger partial charge in [0.05, 0.1) is 27.3 Å². The first kappa shape index (κ1) is 24.1. The van der Waals surface area contributed by atoms with E-state index >= 15 is 4.39 Å². The molecule has 3 aromatic rings. The number of fused-ring (bicyclic) bond motifs is 1. The molecule has 4 heterocycles. The highest BCUT2D eigenvalue weighted by Crippen LogP contribution is 2.33. The summed E-state index contributed by atoms with van der Waals surface area (Å²) in [5, 5.41) is 1.83. The number of thioether (sulfide) groups is 1. The molecular formula is C24H23ClFN5O2S. The second-order valence-electron chi connectivity index (χ2n) is 8.29. The molecule has 34 heavy (non-hydrogen) atoms. The molecule has 5 rings (SSSR count). The SMILES string of the molecule is Cc1cc(C=C2SC(=O)NC2=O)nc2c(-c3ccc(N4CCC[C@H](N)C4)c(F)c3)ccnc12.Cl. The summed E-state index contributed by atoms with van der Waals surface area (Å²) in [6, 6.07) is 8.86. The Morgan fingerprint density at radius 3 is 2.76 bits per heavy atom. The molecule has 1 atom stereocenters. The highest BCUT2D eigenvalue weighted by molar-refractivity contribution is 8.18. The van der Waals surface area contributed by atoms with E-state index < -0.39 is 11.1 Å². The summed E-state index contributed by atoms with van der Waals surface area (Å²) in [7, 11) is 0. The number of amides is 2. The van der Waals surface area contributed by atoms with Crippen LogP contribution in [0.4, 0.5) is 14.9 Å². The van der Waals surface area contributed by atoms with Crippen LogP contribution in [0.1, 0.15) is 24.1 Å². The van der Waals surface area contributed by atoms with Crippen LogP contribution in [0.3, 0.4) is 0 Å². The number of hydrogen-bond acceptors (Lipinski definition) is 7. The molecule has 0 spiro atoms. The number of halogens is 2. The van der Waals surface area contributed by atoms with Crippen molar-refractivity contribution in [3.8, 4) is 11.1 Å². The molecule has 176 valence electrons. The molecule has 0 radical (unpaired) electrons. The number of carbonyl (C=O) groups is 2. The molecule has 7 nitrogen and oxygen atoms in total. The van der Waals surface area contributed by atoms with E-state index in [1.54, 1.807) is 24.4 Å². The first-order valence-electron chi connectivity index (χ1n) is 10.7. The molecule has 2 saturated heterocycles. The van der Waals surface area contributed by atoms with E-state index in [1.807, 2.05) is 24.0 Å². The second-order valence-corrected chi connectivity index (χ2v) is 9.30. The number of hydrogen-bond donors (Lipinski definition) is 2. The molecule has 2 aliphatic heterocycles. The monoisotopic (exact) mass is 499 g/mol. The zero-order chi connectivity index (χ0) is 23.1. The Kier molecular flexibility index (Phi) is 6.88. The van der Waals surface area contributed by atoms with Gasteiger partial charge in [-0.25, -0.2) is 9.37 Å². The van der Waals surface area contributed by atoms with Crippen LogP contribution in [-0.4, -0.2) is 40.2 Å². The summed E-state index contributed by atoms with van der Waals surface area (Å²) in [5.41, 5.74) is 10.7. The van der Waals surface area contributed by atoms with E-state index in [9.17, 15) is 9.59 Å². The van der Waals surface area contributed by atoms with Crippen LogP contribution in [-0.2, 0) is 4.79 Å². The van der Waals surface area contributed by atoms with E-state index in [-0.39, 0.29) is 29.2 Å². The number of nitrogens with zero attached hydrogens (tertiary/aromatic N) is 3. The zero-order valence-corrected chi connectivity index (χ0v) is 20.0. The molecule has 2 fully saturated rings. The molecule has 2 aromatic heterocycles. The van der Waals surface area contributed by atoms with Gasteiger partial charge in [-0.1, -0.05) is 6.07 Å². The highest BCUT2D eigenvalue weighted by Gasteiger charge is 2.25. The molecule has 0 saturated carbocycles. The van der Waals surface area contributed by atoms with Crippen LogP contribution in [0, 0.1) is 12.7 Å². The number of anilines is 1. The van der Waals surface area contributed by atoms with Crippen LogP contribution >= 0.6 is 24.2 Å². The lowest BCUT2D eigenvalue weighted by atomic mass is 10.0. The number of piperidine rings is 1. The lowest BCUT2D eigenvalue weighted by Gasteiger charge is -2.32. The van der Waals surface area contributed by atoms with Gasteiger partial charge >= 0.3 is 0 Å². The minimum absolute atomic E-state index is 0. The summed E-state index contributed by atoms with van der Waals surface area (Å²) in [4.78, 5) is 34.8. The summed E-state index contributed by atoms with van der Waals surface area (Å²) >= 11 is 0.840. The van der Waals surface area contributed by atoms with E-state index in [4.69, 9.17) is 10.7 Å². The molecule has 10 heteroatoms. The maximum Gasteiger partial charge on any atom is 0.290 e. The van der Waals surface area contributed by atoms with Gasteiger partial charge in [0.15, 0.2) is 0 Å². The van der Waals surface area contributed by atoms with E-state index in [2.05, 4.69) is 10.3 Å². The average molecular weight is 500 g/mol. The molecule has 2 amide bonds. The van der Waals surface area contributed by atoms with Gasteiger partial charge < -0.3 is 10.6 Å². The van der Waals surface area contributed by atoms with Gasteiger partial charge in [0.1, 0.15) is 5.82 Å². The summed E-state index contributed by atoms with van der Waals surface area (Å²) < 4.78 is 15.1. The summed E-state index contributed by atoms with van der Waals surface area (Å²) in [5.74, 6) is -0.745. The molecule has 0 bridgehead atoms. The molecule has 0 unspecified atom stereocenters. The topological polar surface area (TPSA) is 101 Å². The largest absolute Gasteiger partial charge is 0.368 e. The highest BCUT2D eigenvalue weighted by atomic mass is 35.5. The maximum atomic E-state index is 15.1. The standard InChI is InChI=1S/C24H22FN5O2S.ClH/c1-13-9-16(11-20-23(31)29-24(32)33-20)28-22-17(6-7-27-21(13)22)14-4-5-19(18(25)10-14)30-8-2-3-15(26)12-30;/h4-7,9-11,15H,2-3,8,12,26H2,1H3,(H,29,31,32);1H/t15-;/m0./s1. The first-order chi connectivity index (χ1) is 15.9.